The Labute approximate surface area is 271 Å². The van der Waals surface area contributed by atoms with Crippen LogP contribution in [0.3, 0.4) is 0 Å². The molecule has 1 amide bonds. The van der Waals surface area contributed by atoms with E-state index in [1.54, 1.807) is 53.4 Å². The molecule has 2 aliphatic heterocycles. The van der Waals surface area contributed by atoms with E-state index in [0.717, 1.165) is 25.9 Å². The highest BCUT2D eigenvalue weighted by Crippen LogP contribution is 2.40. The zero-order valence-corrected chi connectivity index (χ0v) is 25.9. The van der Waals surface area contributed by atoms with Gasteiger partial charge in [0.15, 0.2) is 0 Å². The number of allylic oxidation sites excluding steroid dienone is 1. The van der Waals surface area contributed by atoms with Crippen LogP contribution in [0.1, 0.15) is 41.5 Å². The maximum absolute atomic E-state index is 14.1. The predicted molar refractivity (Wildman–Crippen MR) is 176 cm³/mol. The first-order valence-electron chi connectivity index (χ1n) is 15.6. The lowest BCUT2D eigenvalue weighted by Gasteiger charge is -2.32. The largest absolute Gasteiger partial charge is 0.398 e. The molecule has 3 aromatic rings. The summed E-state index contributed by atoms with van der Waals surface area (Å²) in [6.07, 6.45) is 1.12. The number of alkyl halides is 3. The van der Waals surface area contributed by atoms with Crippen LogP contribution < -0.4 is 11.1 Å². The number of morpholine rings is 1. The van der Waals surface area contributed by atoms with Crippen LogP contribution >= 0.6 is 0 Å². The number of hydrogen-bond donors (Lipinski definition) is 3. The second kappa shape index (κ2) is 15.4. The molecule has 8 nitrogen and oxygen atoms in total. The Hall–Kier alpha value is -4.55. The number of likely N-dealkylation sites (tertiary alicyclic amines) is 1. The highest BCUT2D eigenvalue weighted by Gasteiger charge is 2.32. The van der Waals surface area contributed by atoms with E-state index in [1.165, 1.54) is 24.4 Å². The molecule has 1 atom stereocenters. The Bertz CT molecular complexity index is 1600. The number of hydrogen-bond acceptors (Lipinski definition) is 7. The first-order valence-corrected chi connectivity index (χ1v) is 15.6. The molecule has 0 radical (unpaired) electrons. The van der Waals surface area contributed by atoms with E-state index in [-0.39, 0.29) is 39.9 Å². The van der Waals surface area contributed by atoms with Crippen LogP contribution in [0, 0.1) is 5.41 Å². The van der Waals surface area contributed by atoms with Crippen molar-refractivity contribution >= 4 is 34.5 Å². The van der Waals surface area contributed by atoms with Crippen molar-refractivity contribution in [3.05, 3.63) is 101 Å². The SMILES string of the molecule is N=C(F)c1cc(/C(=C(\CC(F)(F)F)c2ccccc2)c2ccc(NC3CCCN(C/C=C/C(=O)N4CCOCC4)C3)nc2)ccc1N. The summed E-state index contributed by atoms with van der Waals surface area (Å²) in [6, 6.07) is 16.0. The molecule has 47 heavy (non-hydrogen) atoms. The van der Waals surface area contributed by atoms with Crippen LogP contribution in [-0.4, -0.2) is 84.8 Å². The van der Waals surface area contributed by atoms with E-state index in [2.05, 4.69) is 15.2 Å². The summed E-state index contributed by atoms with van der Waals surface area (Å²) in [6.45, 7) is 4.58. The number of carbonyl (C=O) groups is 1. The summed E-state index contributed by atoms with van der Waals surface area (Å²) >= 11 is 0. The van der Waals surface area contributed by atoms with Crippen molar-refractivity contribution in [2.75, 3.05) is 57.0 Å². The van der Waals surface area contributed by atoms with Gasteiger partial charge in [0.25, 0.3) is 0 Å². The Morgan fingerprint density at radius 2 is 1.79 bits per heavy atom. The number of amides is 1. The van der Waals surface area contributed by atoms with Gasteiger partial charge in [-0.05, 0) is 65.9 Å². The third-order valence-corrected chi connectivity index (χ3v) is 8.24. The minimum Gasteiger partial charge on any atom is -0.398 e. The average molecular weight is 651 g/mol. The smallest absolute Gasteiger partial charge is 0.393 e. The van der Waals surface area contributed by atoms with Crippen LogP contribution in [0.15, 0.2) is 79.0 Å². The van der Waals surface area contributed by atoms with Crippen LogP contribution in [0.4, 0.5) is 29.1 Å². The lowest BCUT2D eigenvalue weighted by molar-refractivity contribution is -0.130. The van der Waals surface area contributed by atoms with Crippen molar-refractivity contribution in [3.63, 3.8) is 0 Å². The molecule has 2 aliphatic rings. The van der Waals surface area contributed by atoms with E-state index in [9.17, 15) is 22.4 Å². The van der Waals surface area contributed by atoms with Gasteiger partial charge in [0.1, 0.15) is 5.82 Å². The van der Waals surface area contributed by atoms with Gasteiger partial charge in [-0.15, -0.1) is 0 Å². The van der Waals surface area contributed by atoms with Crippen LogP contribution in [0.2, 0.25) is 0 Å². The molecule has 1 unspecified atom stereocenters. The second-order valence-electron chi connectivity index (χ2n) is 11.6. The van der Waals surface area contributed by atoms with Gasteiger partial charge in [0.2, 0.25) is 11.9 Å². The molecule has 2 aromatic carbocycles. The average Bonchev–Trinajstić information content (AvgIpc) is 3.06. The van der Waals surface area contributed by atoms with Gasteiger partial charge in [-0.2, -0.15) is 17.6 Å². The number of aromatic nitrogens is 1. The minimum absolute atomic E-state index is 0.00945. The van der Waals surface area contributed by atoms with Crippen molar-refractivity contribution in [2.24, 2.45) is 0 Å². The van der Waals surface area contributed by atoms with Crippen molar-refractivity contribution in [3.8, 4) is 0 Å². The van der Waals surface area contributed by atoms with Gasteiger partial charge in [-0.3, -0.25) is 15.1 Å². The third kappa shape index (κ3) is 9.26. The van der Waals surface area contributed by atoms with Gasteiger partial charge in [-0.1, -0.05) is 42.5 Å². The highest BCUT2D eigenvalue weighted by molar-refractivity contribution is 6.02. The van der Waals surface area contributed by atoms with Crippen LogP contribution in [0.5, 0.6) is 0 Å². The fourth-order valence-electron chi connectivity index (χ4n) is 5.96. The topological polar surface area (TPSA) is 108 Å². The molecular formula is C35H38F4N6O2. The summed E-state index contributed by atoms with van der Waals surface area (Å²) in [5.74, 6) is -0.723. The molecule has 5 rings (SSSR count). The number of halogens is 4. The number of carbonyl (C=O) groups excluding carboxylic acids is 1. The molecule has 3 heterocycles. The quantitative estimate of drug-likeness (QED) is 0.0798. The Kier molecular flexibility index (Phi) is 11.0. The van der Waals surface area contributed by atoms with E-state index >= 15 is 0 Å². The molecule has 2 saturated heterocycles. The number of anilines is 2. The number of ether oxygens (including phenoxy) is 1. The van der Waals surface area contributed by atoms with E-state index in [0.29, 0.717) is 49.8 Å². The number of rotatable bonds is 10. The molecule has 0 spiro atoms. The standard InChI is InChI=1S/C35H38F4N6O2/c36-34(41)28-20-25(10-12-30(28)40)33(29(21-35(37,38)39)24-6-2-1-3-7-24)26-11-13-31(42-22-26)43-27-8-4-14-44(23-27)15-5-9-32(46)45-16-18-47-19-17-45/h1-3,5-7,9-13,20,22,27,41H,4,8,14-19,21,23,40H2,(H,42,43)/b9-5+,33-29-,41-34?. The Balaban J connectivity index is 1.37. The number of pyridine rings is 1. The third-order valence-electron chi connectivity index (χ3n) is 8.24. The van der Waals surface area contributed by atoms with Crippen molar-refractivity contribution < 1.29 is 27.1 Å². The lowest BCUT2D eigenvalue weighted by Crippen LogP contribution is -2.42. The molecule has 0 saturated carbocycles. The number of nitrogen functional groups attached to an aromatic ring is 1. The summed E-state index contributed by atoms with van der Waals surface area (Å²) < 4.78 is 61.4. The maximum Gasteiger partial charge on any atom is 0.393 e. The van der Waals surface area contributed by atoms with Gasteiger partial charge in [-0.25, -0.2) is 4.98 Å². The van der Waals surface area contributed by atoms with Crippen LogP contribution in [0.25, 0.3) is 11.1 Å². The summed E-state index contributed by atoms with van der Waals surface area (Å²) in [4.78, 5) is 21.0. The van der Waals surface area contributed by atoms with E-state index < -0.39 is 18.6 Å². The molecular weight excluding hydrogens is 612 g/mol. The zero-order valence-electron chi connectivity index (χ0n) is 25.9. The number of nitrogens with zero attached hydrogens (tertiary/aromatic N) is 3. The van der Waals surface area contributed by atoms with Gasteiger partial charge in [0, 0.05) is 55.7 Å². The number of benzene rings is 2. The van der Waals surface area contributed by atoms with Gasteiger partial charge < -0.3 is 20.7 Å². The Morgan fingerprint density at radius 1 is 1.04 bits per heavy atom. The summed E-state index contributed by atoms with van der Waals surface area (Å²) in [7, 11) is 0. The molecule has 12 heteroatoms. The second-order valence-corrected chi connectivity index (χ2v) is 11.6. The zero-order chi connectivity index (χ0) is 33.4. The number of piperidine rings is 1. The molecule has 4 N–H and O–H groups in total. The maximum atomic E-state index is 14.1. The van der Waals surface area contributed by atoms with Gasteiger partial charge >= 0.3 is 6.18 Å². The monoisotopic (exact) mass is 650 g/mol. The molecule has 1 aromatic heterocycles. The molecule has 248 valence electrons. The fraction of sp³-hybridized carbons (Fsp3) is 0.343. The summed E-state index contributed by atoms with van der Waals surface area (Å²) in [5.41, 5.74) is 6.95. The van der Waals surface area contributed by atoms with Crippen molar-refractivity contribution in [2.45, 2.75) is 31.5 Å². The predicted octanol–water partition coefficient (Wildman–Crippen LogP) is 6.16. The van der Waals surface area contributed by atoms with E-state index in [4.69, 9.17) is 15.9 Å². The van der Waals surface area contributed by atoms with Crippen molar-refractivity contribution in [1.29, 1.82) is 5.41 Å². The Morgan fingerprint density at radius 3 is 2.47 bits per heavy atom. The molecule has 2 fully saturated rings. The van der Waals surface area contributed by atoms with Crippen molar-refractivity contribution in [1.82, 2.24) is 14.8 Å². The van der Waals surface area contributed by atoms with E-state index in [1.807, 2.05) is 6.08 Å². The summed E-state index contributed by atoms with van der Waals surface area (Å²) in [5, 5.41) is 10.9. The lowest BCUT2D eigenvalue weighted by atomic mass is 9.87. The first-order chi connectivity index (χ1) is 22.6. The first kappa shape index (κ1) is 33.8. The fourth-order valence-corrected chi connectivity index (χ4v) is 5.96. The number of nitrogens with one attached hydrogen (secondary N) is 2. The minimum atomic E-state index is -4.54. The highest BCUT2D eigenvalue weighted by atomic mass is 19.4. The molecule has 0 bridgehead atoms. The number of nitrogens with two attached hydrogens (primary N) is 1. The molecule has 0 aliphatic carbocycles. The van der Waals surface area contributed by atoms with Crippen LogP contribution in [-0.2, 0) is 9.53 Å². The van der Waals surface area contributed by atoms with Gasteiger partial charge in [0.05, 0.1) is 25.2 Å². The normalized spacial score (nSPS) is 18.2.